The maximum absolute atomic E-state index is 12.0. The van der Waals surface area contributed by atoms with Gasteiger partial charge in [0.1, 0.15) is 6.10 Å². The van der Waals surface area contributed by atoms with E-state index < -0.39 is 6.10 Å². The summed E-state index contributed by atoms with van der Waals surface area (Å²) < 4.78 is 5.68. The number of carbonyl (C=O) groups is 1. The quantitative estimate of drug-likeness (QED) is 0.787. The van der Waals surface area contributed by atoms with E-state index in [0.717, 1.165) is 6.42 Å². The lowest BCUT2D eigenvalue weighted by Crippen LogP contribution is -2.31. The van der Waals surface area contributed by atoms with E-state index in [2.05, 4.69) is 19.2 Å². The number of halogens is 1. The third-order valence-corrected chi connectivity index (χ3v) is 3.22. The summed E-state index contributed by atoms with van der Waals surface area (Å²) in [5, 5.41) is 3.24. The molecule has 0 aliphatic heterocycles. The Kier molecular flexibility index (Phi) is 6.30. The molecule has 1 aromatic rings. The molecule has 0 heterocycles. The lowest BCUT2D eigenvalue weighted by molar-refractivity contribution is -0.129. The van der Waals surface area contributed by atoms with Crippen LogP contribution in [0.4, 0.5) is 11.4 Å². The van der Waals surface area contributed by atoms with Gasteiger partial charge >= 0.3 is 0 Å². The van der Waals surface area contributed by atoms with Crippen molar-refractivity contribution in [2.24, 2.45) is 5.92 Å². The van der Waals surface area contributed by atoms with Crippen LogP contribution in [0, 0.1) is 5.92 Å². The summed E-state index contributed by atoms with van der Waals surface area (Å²) in [6.07, 6.45) is 0.456. The minimum atomic E-state index is -0.513. The zero-order valence-corrected chi connectivity index (χ0v) is 13.2. The number of hydrogen-bond acceptors (Lipinski definition) is 3. The standard InChI is InChI=1S/C15H23ClN2O2/c1-9(2)7-10(3)20-11(4)15(19)18-12-5-6-13(16)14(17)8-12/h5-6,8-11H,7,17H2,1-4H3,(H,18,19). The van der Waals surface area contributed by atoms with E-state index in [1.807, 2.05) is 6.92 Å². The highest BCUT2D eigenvalue weighted by Crippen LogP contribution is 2.22. The Hall–Kier alpha value is -1.26. The smallest absolute Gasteiger partial charge is 0.253 e. The Labute approximate surface area is 125 Å². The molecule has 2 unspecified atom stereocenters. The van der Waals surface area contributed by atoms with Gasteiger partial charge in [0.05, 0.1) is 16.8 Å². The highest BCUT2D eigenvalue weighted by molar-refractivity contribution is 6.33. The average molecular weight is 299 g/mol. The molecule has 0 radical (unpaired) electrons. The van der Waals surface area contributed by atoms with Gasteiger partial charge in [-0.3, -0.25) is 4.79 Å². The van der Waals surface area contributed by atoms with Crippen LogP contribution in [0.3, 0.4) is 0 Å². The SMILES string of the molecule is CC(C)CC(C)OC(C)C(=O)Nc1ccc(Cl)c(N)c1. The topological polar surface area (TPSA) is 64.3 Å². The van der Waals surface area contributed by atoms with Gasteiger partial charge in [-0.15, -0.1) is 0 Å². The van der Waals surface area contributed by atoms with Crippen LogP contribution >= 0.6 is 11.6 Å². The summed E-state index contributed by atoms with van der Waals surface area (Å²) in [4.78, 5) is 12.0. The number of hydrogen-bond donors (Lipinski definition) is 2. The first kappa shape index (κ1) is 16.8. The Morgan fingerprint density at radius 3 is 2.55 bits per heavy atom. The first-order chi connectivity index (χ1) is 9.29. The van der Waals surface area contributed by atoms with Crippen LogP contribution in [-0.4, -0.2) is 18.1 Å². The first-order valence-corrected chi connectivity index (χ1v) is 7.18. The number of nitrogens with one attached hydrogen (secondary N) is 1. The van der Waals surface area contributed by atoms with E-state index in [-0.39, 0.29) is 12.0 Å². The van der Waals surface area contributed by atoms with Crippen LogP contribution < -0.4 is 11.1 Å². The van der Waals surface area contributed by atoms with Gasteiger partial charge in [0.25, 0.3) is 5.91 Å². The number of rotatable bonds is 6. The van der Waals surface area contributed by atoms with E-state index in [4.69, 9.17) is 22.1 Å². The predicted molar refractivity (Wildman–Crippen MR) is 84.0 cm³/mol. The average Bonchev–Trinajstić information content (AvgIpc) is 2.32. The molecule has 0 aromatic heterocycles. The second-order valence-electron chi connectivity index (χ2n) is 5.44. The minimum Gasteiger partial charge on any atom is -0.397 e. The summed E-state index contributed by atoms with van der Waals surface area (Å²) >= 11 is 5.83. The summed E-state index contributed by atoms with van der Waals surface area (Å²) in [5.74, 6) is 0.346. The van der Waals surface area contributed by atoms with Crippen LogP contribution in [-0.2, 0) is 9.53 Å². The van der Waals surface area contributed by atoms with E-state index in [1.165, 1.54) is 0 Å². The number of amides is 1. The lowest BCUT2D eigenvalue weighted by Gasteiger charge is -2.20. The lowest BCUT2D eigenvalue weighted by atomic mass is 10.1. The van der Waals surface area contributed by atoms with Gasteiger partial charge in [-0.2, -0.15) is 0 Å². The molecular weight excluding hydrogens is 276 g/mol. The third-order valence-electron chi connectivity index (χ3n) is 2.87. The zero-order chi connectivity index (χ0) is 15.3. The van der Waals surface area contributed by atoms with Crippen LogP contribution in [0.15, 0.2) is 18.2 Å². The molecule has 1 aromatic carbocycles. The van der Waals surface area contributed by atoms with Crippen molar-refractivity contribution < 1.29 is 9.53 Å². The Balaban J connectivity index is 2.54. The van der Waals surface area contributed by atoms with Gasteiger partial charge in [-0.05, 0) is 44.4 Å². The second-order valence-corrected chi connectivity index (χ2v) is 5.85. The van der Waals surface area contributed by atoms with Gasteiger partial charge in [-0.1, -0.05) is 25.4 Å². The van der Waals surface area contributed by atoms with E-state index in [1.54, 1.807) is 25.1 Å². The third kappa shape index (κ3) is 5.39. The van der Waals surface area contributed by atoms with Crippen molar-refractivity contribution in [3.05, 3.63) is 23.2 Å². The maximum atomic E-state index is 12.0. The van der Waals surface area contributed by atoms with Crippen molar-refractivity contribution >= 4 is 28.9 Å². The number of carbonyl (C=O) groups excluding carboxylic acids is 1. The van der Waals surface area contributed by atoms with Crippen LogP contribution in [0.2, 0.25) is 5.02 Å². The maximum Gasteiger partial charge on any atom is 0.253 e. The Morgan fingerprint density at radius 1 is 1.35 bits per heavy atom. The van der Waals surface area contributed by atoms with Crippen molar-refractivity contribution in [3.8, 4) is 0 Å². The molecule has 0 aliphatic rings. The largest absolute Gasteiger partial charge is 0.397 e. The van der Waals surface area contributed by atoms with Gasteiger partial charge < -0.3 is 15.8 Å². The molecule has 3 N–H and O–H groups in total. The first-order valence-electron chi connectivity index (χ1n) is 6.81. The molecule has 0 saturated heterocycles. The Morgan fingerprint density at radius 2 is 2.00 bits per heavy atom. The fourth-order valence-electron chi connectivity index (χ4n) is 2.00. The highest BCUT2D eigenvalue weighted by Gasteiger charge is 2.17. The highest BCUT2D eigenvalue weighted by atomic mass is 35.5. The molecule has 0 aliphatic carbocycles. The predicted octanol–water partition coefficient (Wildman–Crippen LogP) is 3.70. The minimum absolute atomic E-state index is 0.0473. The Bertz CT molecular complexity index is 463. The van der Waals surface area contributed by atoms with Crippen LogP contribution in [0.25, 0.3) is 0 Å². The molecule has 0 spiro atoms. The van der Waals surface area contributed by atoms with Gasteiger partial charge in [0, 0.05) is 5.69 Å². The fraction of sp³-hybridized carbons (Fsp3) is 0.533. The number of benzene rings is 1. The van der Waals surface area contributed by atoms with Crippen molar-refractivity contribution in [3.63, 3.8) is 0 Å². The van der Waals surface area contributed by atoms with E-state index >= 15 is 0 Å². The molecule has 1 amide bonds. The number of nitrogens with two attached hydrogens (primary N) is 1. The van der Waals surface area contributed by atoms with E-state index in [9.17, 15) is 4.79 Å². The second kappa shape index (κ2) is 7.50. The molecule has 0 saturated carbocycles. The molecule has 4 nitrogen and oxygen atoms in total. The van der Waals surface area contributed by atoms with Gasteiger partial charge in [0.2, 0.25) is 0 Å². The molecule has 5 heteroatoms. The zero-order valence-electron chi connectivity index (χ0n) is 12.4. The van der Waals surface area contributed by atoms with Crippen molar-refractivity contribution in [2.45, 2.75) is 46.3 Å². The monoisotopic (exact) mass is 298 g/mol. The van der Waals surface area contributed by atoms with E-state index in [0.29, 0.717) is 22.3 Å². The van der Waals surface area contributed by atoms with Crippen LogP contribution in [0.5, 0.6) is 0 Å². The molecular formula is C15H23ClN2O2. The summed E-state index contributed by atoms with van der Waals surface area (Å²) in [5.41, 5.74) is 6.74. The normalized spacial score (nSPS) is 14.1. The molecule has 0 fully saturated rings. The molecule has 20 heavy (non-hydrogen) atoms. The molecule has 2 atom stereocenters. The van der Waals surface area contributed by atoms with Crippen molar-refractivity contribution in [1.29, 1.82) is 0 Å². The molecule has 112 valence electrons. The van der Waals surface area contributed by atoms with Gasteiger partial charge in [0.15, 0.2) is 0 Å². The number of nitrogen functional groups attached to an aromatic ring is 1. The van der Waals surface area contributed by atoms with Gasteiger partial charge in [-0.25, -0.2) is 0 Å². The summed E-state index contributed by atoms with van der Waals surface area (Å²) in [6, 6.07) is 4.99. The van der Waals surface area contributed by atoms with Crippen molar-refractivity contribution in [2.75, 3.05) is 11.1 Å². The molecule has 0 bridgehead atoms. The summed E-state index contributed by atoms with van der Waals surface area (Å²) in [7, 11) is 0. The van der Waals surface area contributed by atoms with Crippen LogP contribution in [0.1, 0.15) is 34.1 Å². The van der Waals surface area contributed by atoms with Crippen molar-refractivity contribution in [1.82, 2.24) is 0 Å². The summed E-state index contributed by atoms with van der Waals surface area (Å²) in [6.45, 7) is 7.97. The number of ether oxygens (including phenoxy) is 1. The fourth-order valence-corrected chi connectivity index (χ4v) is 2.11. The molecule has 1 rings (SSSR count). The number of anilines is 2.